The van der Waals surface area contributed by atoms with Crippen LogP contribution in [0.2, 0.25) is 0 Å². The average Bonchev–Trinajstić information content (AvgIpc) is 2.98. The van der Waals surface area contributed by atoms with Gasteiger partial charge in [-0.2, -0.15) is 0 Å². The topological polar surface area (TPSA) is 40.7 Å². The number of benzene rings is 1. The van der Waals surface area contributed by atoms with Crippen molar-refractivity contribution in [1.29, 1.82) is 0 Å². The van der Waals surface area contributed by atoms with E-state index < -0.39 is 0 Å². The van der Waals surface area contributed by atoms with E-state index in [2.05, 4.69) is 15.3 Å². The van der Waals surface area contributed by atoms with Gasteiger partial charge < -0.3 is 10.3 Å². The zero-order valence-corrected chi connectivity index (χ0v) is 10.1. The highest BCUT2D eigenvalue weighted by atomic mass is 19.1. The van der Waals surface area contributed by atoms with Gasteiger partial charge in [-0.05, 0) is 30.5 Å². The summed E-state index contributed by atoms with van der Waals surface area (Å²) in [6.45, 7) is 1.66. The summed E-state index contributed by atoms with van der Waals surface area (Å²) in [5.41, 5.74) is 1.44. The van der Waals surface area contributed by atoms with Gasteiger partial charge in [0, 0.05) is 24.4 Å². The van der Waals surface area contributed by atoms with Crippen molar-refractivity contribution < 1.29 is 4.39 Å². The summed E-state index contributed by atoms with van der Waals surface area (Å²) in [5.74, 6) is 0.781. The molecule has 0 amide bonds. The minimum absolute atomic E-state index is 0.168. The van der Waals surface area contributed by atoms with Crippen LogP contribution >= 0.6 is 0 Å². The largest absolute Gasteiger partial charge is 0.348 e. The predicted octanol–water partition coefficient (Wildman–Crippen LogP) is 2.37. The van der Waals surface area contributed by atoms with Gasteiger partial charge in [0.1, 0.15) is 11.6 Å². The van der Waals surface area contributed by atoms with E-state index in [0.717, 1.165) is 18.9 Å². The summed E-state index contributed by atoms with van der Waals surface area (Å²) < 4.78 is 12.9. The molecule has 2 N–H and O–H groups in total. The molecule has 1 fully saturated rings. The van der Waals surface area contributed by atoms with E-state index in [1.165, 1.54) is 18.4 Å². The van der Waals surface area contributed by atoms with E-state index in [9.17, 15) is 4.39 Å². The first-order valence-corrected chi connectivity index (χ1v) is 6.24. The molecule has 1 saturated carbocycles. The van der Waals surface area contributed by atoms with Gasteiger partial charge in [0.15, 0.2) is 0 Å². The fraction of sp³-hybridized carbons (Fsp3) is 0.357. The Kier molecular flexibility index (Phi) is 2.88. The van der Waals surface area contributed by atoms with Crippen LogP contribution in [-0.2, 0) is 12.0 Å². The van der Waals surface area contributed by atoms with Crippen LogP contribution in [0, 0.1) is 5.82 Å². The van der Waals surface area contributed by atoms with E-state index in [1.807, 2.05) is 18.3 Å². The number of imidazole rings is 1. The number of halogens is 1. The maximum absolute atomic E-state index is 12.9. The lowest BCUT2D eigenvalue weighted by atomic mass is 9.96. The third-order valence-electron chi connectivity index (χ3n) is 3.62. The Morgan fingerprint density at radius 2 is 2.06 bits per heavy atom. The average molecular weight is 245 g/mol. The third kappa shape index (κ3) is 2.29. The molecule has 4 heteroatoms. The summed E-state index contributed by atoms with van der Waals surface area (Å²) in [6.07, 6.45) is 5.92. The fourth-order valence-corrected chi connectivity index (χ4v) is 2.34. The number of H-pyrrole nitrogens is 1. The van der Waals surface area contributed by atoms with Crippen molar-refractivity contribution in [3.8, 4) is 0 Å². The Balaban J connectivity index is 1.60. The van der Waals surface area contributed by atoms with Gasteiger partial charge in [0.05, 0.1) is 6.54 Å². The molecule has 0 atom stereocenters. The Morgan fingerprint density at radius 1 is 1.28 bits per heavy atom. The molecule has 1 aliphatic rings. The number of nitrogens with zero attached hydrogens (tertiary/aromatic N) is 1. The smallest absolute Gasteiger partial charge is 0.123 e. The van der Waals surface area contributed by atoms with Gasteiger partial charge in [-0.15, -0.1) is 0 Å². The Hall–Kier alpha value is -1.68. The summed E-state index contributed by atoms with van der Waals surface area (Å²) >= 11 is 0. The number of hydrogen-bond donors (Lipinski definition) is 2. The van der Waals surface area contributed by atoms with Crippen LogP contribution in [0.3, 0.4) is 0 Å². The molecule has 2 aromatic rings. The molecule has 0 bridgehead atoms. The fourth-order valence-electron chi connectivity index (χ4n) is 2.34. The zero-order chi connectivity index (χ0) is 12.4. The second-order valence-electron chi connectivity index (χ2n) is 4.93. The van der Waals surface area contributed by atoms with Crippen LogP contribution in [0.1, 0.15) is 24.2 Å². The van der Waals surface area contributed by atoms with Crippen LogP contribution in [0.5, 0.6) is 0 Å². The molecule has 3 rings (SSSR count). The molecule has 94 valence electrons. The summed E-state index contributed by atoms with van der Waals surface area (Å²) in [7, 11) is 0. The van der Waals surface area contributed by atoms with Gasteiger partial charge in [-0.25, -0.2) is 9.37 Å². The quantitative estimate of drug-likeness (QED) is 0.849. The maximum atomic E-state index is 12.9. The maximum Gasteiger partial charge on any atom is 0.123 e. The number of hydrogen-bond acceptors (Lipinski definition) is 2. The van der Waals surface area contributed by atoms with Crippen LogP contribution in [0.25, 0.3) is 0 Å². The van der Waals surface area contributed by atoms with Crippen LogP contribution < -0.4 is 5.32 Å². The Bertz CT molecular complexity index is 500. The third-order valence-corrected chi connectivity index (χ3v) is 3.62. The van der Waals surface area contributed by atoms with E-state index in [1.54, 1.807) is 18.3 Å². The van der Waals surface area contributed by atoms with Gasteiger partial charge in [0.2, 0.25) is 0 Å². The SMILES string of the molecule is Fc1ccc(C2(CNCc3ncc[nH]3)CC2)cc1. The molecular weight excluding hydrogens is 229 g/mol. The van der Waals surface area contributed by atoms with Crippen molar-refractivity contribution in [1.82, 2.24) is 15.3 Å². The van der Waals surface area contributed by atoms with Crippen molar-refractivity contribution >= 4 is 0 Å². The highest BCUT2D eigenvalue weighted by molar-refractivity contribution is 5.32. The minimum atomic E-state index is -0.168. The lowest BCUT2D eigenvalue weighted by Gasteiger charge is -2.16. The van der Waals surface area contributed by atoms with Crippen LogP contribution in [0.15, 0.2) is 36.7 Å². The number of rotatable bonds is 5. The first-order valence-electron chi connectivity index (χ1n) is 6.24. The van der Waals surface area contributed by atoms with Crippen LogP contribution in [0.4, 0.5) is 4.39 Å². The Labute approximate surface area is 105 Å². The van der Waals surface area contributed by atoms with Gasteiger partial charge in [-0.1, -0.05) is 12.1 Å². The molecule has 0 unspecified atom stereocenters. The number of nitrogens with one attached hydrogen (secondary N) is 2. The lowest BCUT2D eigenvalue weighted by molar-refractivity contribution is 0.562. The predicted molar refractivity (Wildman–Crippen MR) is 67.6 cm³/mol. The van der Waals surface area contributed by atoms with Crippen LogP contribution in [-0.4, -0.2) is 16.5 Å². The molecule has 0 spiro atoms. The molecule has 0 aliphatic heterocycles. The molecule has 1 aromatic heterocycles. The molecular formula is C14H16FN3. The normalized spacial score (nSPS) is 16.7. The summed E-state index contributed by atoms with van der Waals surface area (Å²) in [4.78, 5) is 7.24. The molecule has 1 aromatic carbocycles. The summed E-state index contributed by atoms with van der Waals surface area (Å²) in [6, 6.07) is 6.89. The highest BCUT2D eigenvalue weighted by Gasteiger charge is 2.43. The van der Waals surface area contributed by atoms with Crippen molar-refractivity contribution in [2.24, 2.45) is 0 Å². The van der Waals surface area contributed by atoms with Crippen molar-refractivity contribution in [2.45, 2.75) is 24.8 Å². The van der Waals surface area contributed by atoms with E-state index in [0.29, 0.717) is 0 Å². The molecule has 1 heterocycles. The van der Waals surface area contributed by atoms with Crippen molar-refractivity contribution in [2.75, 3.05) is 6.54 Å². The second kappa shape index (κ2) is 4.53. The van der Waals surface area contributed by atoms with Crippen molar-refractivity contribution in [3.05, 3.63) is 53.9 Å². The monoisotopic (exact) mass is 245 g/mol. The standard InChI is InChI=1S/C14H16FN3/c15-12-3-1-11(2-4-12)14(5-6-14)10-16-9-13-17-7-8-18-13/h1-4,7-8,16H,5-6,9-10H2,(H,17,18). The first kappa shape index (κ1) is 11.4. The van der Waals surface area contributed by atoms with Crippen molar-refractivity contribution in [3.63, 3.8) is 0 Å². The number of aromatic amines is 1. The molecule has 1 aliphatic carbocycles. The lowest BCUT2D eigenvalue weighted by Crippen LogP contribution is -2.26. The molecule has 0 saturated heterocycles. The first-order chi connectivity index (χ1) is 8.78. The molecule has 0 radical (unpaired) electrons. The van der Waals surface area contributed by atoms with Gasteiger partial charge in [0.25, 0.3) is 0 Å². The Morgan fingerprint density at radius 3 is 2.67 bits per heavy atom. The number of aromatic nitrogens is 2. The zero-order valence-electron chi connectivity index (χ0n) is 10.1. The van der Waals surface area contributed by atoms with E-state index in [4.69, 9.17) is 0 Å². The molecule has 18 heavy (non-hydrogen) atoms. The van der Waals surface area contributed by atoms with Gasteiger partial charge >= 0.3 is 0 Å². The second-order valence-corrected chi connectivity index (χ2v) is 4.93. The highest BCUT2D eigenvalue weighted by Crippen LogP contribution is 2.47. The summed E-state index contributed by atoms with van der Waals surface area (Å²) in [5, 5.41) is 3.42. The molecule has 3 nitrogen and oxygen atoms in total. The van der Waals surface area contributed by atoms with Gasteiger partial charge in [-0.3, -0.25) is 0 Å². The minimum Gasteiger partial charge on any atom is -0.348 e. The van der Waals surface area contributed by atoms with E-state index in [-0.39, 0.29) is 11.2 Å². The van der Waals surface area contributed by atoms with E-state index >= 15 is 0 Å².